The Hall–Kier alpha value is -4.26. The van der Waals surface area contributed by atoms with Crippen LogP contribution in [0.4, 0.5) is 10.5 Å². The molecule has 0 bridgehead atoms. The van der Waals surface area contributed by atoms with Crippen molar-refractivity contribution in [3.8, 4) is 10.8 Å². The molecule has 11 nitrogen and oxygen atoms in total. The second-order valence-electron chi connectivity index (χ2n) is 12.1. The highest BCUT2D eigenvalue weighted by Gasteiger charge is 2.32. The van der Waals surface area contributed by atoms with Crippen molar-refractivity contribution in [1.29, 1.82) is 0 Å². The number of nitrogens with zero attached hydrogens (tertiary/aromatic N) is 4. The SMILES string of the molecule is Cc1sc2c(c1C)C(c1ccc(Cl)cc1)=N[C@@H](CC(=O)Nc1cccc(OCCOCCNC(=O)OC(C)(C)C)c1)c1nnc(C)n1-2. The zero-order valence-corrected chi connectivity index (χ0v) is 28.9. The van der Waals surface area contributed by atoms with Crippen molar-refractivity contribution in [2.75, 3.05) is 31.7 Å². The normalized spacial score (nSPS) is 14.0. The fourth-order valence-electron chi connectivity index (χ4n) is 5.04. The number of benzene rings is 2. The Morgan fingerprint density at radius 1 is 1.02 bits per heavy atom. The summed E-state index contributed by atoms with van der Waals surface area (Å²) in [6, 6.07) is 14.2. The van der Waals surface area contributed by atoms with Crippen LogP contribution in [0.2, 0.25) is 5.02 Å². The zero-order chi connectivity index (χ0) is 33.7. The molecule has 2 aromatic carbocycles. The van der Waals surface area contributed by atoms with Crippen LogP contribution in [-0.4, -0.2) is 64.4 Å². The van der Waals surface area contributed by atoms with Gasteiger partial charge in [0, 0.05) is 39.3 Å². The van der Waals surface area contributed by atoms with Crippen molar-refractivity contribution in [2.45, 2.75) is 59.6 Å². The first-order chi connectivity index (χ1) is 22.4. The first kappa shape index (κ1) is 34.1. The molecule has 5 rings (SSSR count). The van der Waals surface area contributed by atoms with Gasteiger partial charge in [-0.2, -0.15) is 0 Å². The average molecular weight is 679 g/mol. The average Bonchev–Trinajstić information content (AvgIpc) is 3.48. The molecule has 1 atom stereocenters. The fraction of sp³-hybridized carbons (Fsp3) is 0.382. The van der Waals surface area contributed by atoms with E-state index in [9.17, 15) is 9.59 Å². The number of anilines is 1. The van der Waals surface area contributed by atoms with Gasteiger partial charge in [0.1, 0.15) is 34.8 Å². The molecule has 248 valence electrons. The summed E-state index contributed by atoms with van der Waals surface area (Å²) in [6.45, 7) is 12.8. The second-order valence-corrected chi connectivity index (χ2v) is 13.7. The van der Waals surface area contributed by atoms with Gasteiger partial charge in [0.05, 0.1) is 25.3 Å². The molecule has 2 amide bonds. The quantitative estimate of drug-likeness (QED) is 0.168. The van der Waals surface area contributed by atoms with Crippen molar-refractivity contribution < 1.29 is 23.8 Å². The molecule has 4 aromatic rings. The molecule has 0 radical (unpaired) electrons. The maximum atomic E-state index is 13.5. The molecule has 3 heterocycles. The number of hydrogen-bond acceptors (Lipinski definition) is 9. The fourth-order valence-corrected chi connectivity index (χ4v) is 6.38. The van der Waals surface area contributed by atoms with E-state index >= 15 is 0 Å². The molecule has 0 unspecified atom stereocenters. The minimum Gasteiger partial charge on any atom is -0.491 e. The Balaban J connectivity index is 1.23. The summed E-state index contributed by atoms with van der Waals surface area (Å²) < 4.78 is 18.6. The van der Waals surface area contributed by atoms with Crippen LogP contribution in [0.3, 0.4) is 0 Å². The molecule has 2 aromatic heterocycles. The number of rotatable bonds is 11. The van der Waals surface area contributed by atoms with Crippen molar-refractivity contribution in [3.63, 3.8) is 0 Å². The summed E-state index contributed by atoms with van der Waals surface area (Å²) in [5, 5.41) is 16.1. The highest BCUT2D eigenvalue weighted by Crippen LogP contribution is 2.39. The number of thiophene rings is 1. The Kier molecular flexibility index (Phi) is 10.6. The molecule has 0 saturated heterocycles. The minimum absolute atomic E-state index is 0.0540. The van der Waals surface area contributed by atoms with Crippen molar-refractivity contribution in [2.24, 2.45) is 4.99 Å². The van der Waals surface area contributed by atoms with Gasteiger partial charge in [0.15, 0.2) is 5.82 Å². The van der Waals surface area contributed by atoms with E-state index in [2.05, 4.69) is 34.7 Å². The van der Waals surface area contributed by atoms with E-state index in [4.69, 9.17) is 30.8 Å². The lowest BCUT2D eigenvalue weighted by molar-refractivity contribution is -0.116. The van der Waals surface area contributed by atoms with Crippen LogP contribution in [0.1, 0.15) is 66.5 Å². The highest BCUT2D eigenvalue weighted by atomic mass is 35.5. The lowest BCUT2D eigenvalue weighted by atomic mass is 9.99. The minimum atomic E-state index is -0.581. The Morgan fingerprint density at radius 2 is 1.79 bits per heavy atom. The van der Waals surface area contributed by atoms with Crippen molar-refractivity contribution in [1.82, 2.24) is 20.1 Å². The largest absolute Gasteiger partial charge is 0.491 e. The van der Waals surface area contributed by atoms with E-state index in [-0.39, 0.29) is 12.3 Å². The molecular weight excluding hydrogens is 640 g/mol. The smallest absolute Gasteiger partial charge is 0.407 e. The molecule has 47 heavy (non-hydrogen) atoms. The van der Waals surface area contributed by atoms with Crippen LogP contribution in [0.5, 0.6) is 5.75 Å². The Labute approximate surface area is 283 Å². The van der Waals surface area contributed by atoms with Gasteiger partial charge in [-0.25, -0.2) is 4.79 Å². The summed E-state index contributed by atoms with van der Waals surface area (Å²) >= 11 is 7.88. The molecule has 1 aliphatic heterocycles. The number of nitrogens with one attached hydrogen (secondary N) is 2. The standard InChI is InChI=1S/C34H39ClN6O5S/c1-20-21(2)47-32-29(20)30(23-10-12-24(35)13-11-23)38-27(31-40-39-22(3)41(31)32)19-28(42)37-25-8-7-9-26(18-25)45-17-16-44-15-14-36-33(43)46-34(4,5)6/h7-13,18,27H,14-17,19H2,1-6H3,(H,36,43)(H,37,42)/t27-/m0/s1. The number of aliphatic imine (C=N–C) groups is 1. The number of hydrogen-bond donors (Lipinski definition) is 2. The number of amides is 2. The number of carbonyl (C=O) groups excluding carboxylic acids is 2. The number of aromatic nitrogens is 3. The number of alkyl carbamates (subject to hydrolysis) is 1. The van der Waals surface area contributed by atoms with Crippen molar-refractivity contribution >= 4 is 46.3 Å². The molecule has 0 saturated carbocycles. The summed E-state index contributed by atoms with van der Waals surface area (Å²) in [7, 11) is 0. The van der Waals surface area contributed by atoms with Crippen LogP contribution in [0, 0.1) is 20.8 Å². The van der Waals surface area contributed by atoms with Gasteiger partial charge >= 0.3 is 6.09 Å². The predicted octanol–water partition coefficient (Wildman–Crippen LogP) is 6.75. The van der Waals surface area contributed by atoms with E-state index < -0.39 is 17.7 Å². The second kappa shape index (κ2) is 14.7. The van der Waals surface area contributed by atoms with Crippen LogP contribution >= 0.6 is 22.9 Å². The van der Waals surface area contributed by atoms with E-state index in [1.54, 1.807) is 44.2 Å². The number of aryl methyl sites for hydroxylation is 2. The molecule has 13 heteroatoms. The van der Waals surface area contributed by atoms with E-state index in [0.29, 0.717) is 48.6 Å². The first-order valence-corrected chi connectivity index (χ1v) is 16.5. The van der Waals surface area contributed by atoms with E-state index in [1.165, 1.54) is 4.88 Å². The zero-order valence-electron chi connectivity index (χ0n) is 27.3. The number of halogens is 1. The topological polar surface area (TPSA) is 129 Å². The first-order valence-electron chi connectivity index (χ1n) is 15.3. The lowest BCUT2D eigenvalue weighted by Crippen LogP contribution is -2.34. The maximum Gasteiger partial charge on any atom is 0.407 e. The third kappa shape index (κ3) is 8.56. The molecule has 0 aliphatic carbocycles. The van der Waals surface area contributed by atoms with Crippen LogP contribution < -0.4 is 15.4 Å². The third-order valence-corrected chi connectivity index (χ3v) is 8.71. The van der Waals surface area contributed by atoms with E-state index in [1.807, 2.05) is 47.9 Å². The van der Waals surface area contributed by atoms with Crippen LogP contribution in [-0.2, 0) is 14.3 Å². The molecule has 1 aliphatic rings. The summed E-state index contributed by atoms with van der Waals surface area (Å²) in [4.78, 5) is 31.5. The van der Waals surface area contributed by atoms with E-state index in [0.717, 1.165) is 33.2 Å². The van der Waals surface area contributed by atoms with Gasteiger partial charge in [-0.15, -0.1) is 21.5 Å². The van der Waals surface area contributed by atoms with Gasteiger partial charge in [-0.1, -0.05) is 29.8 Å². The van der Waals surface area contributed by atoms with Gasteiger partial charge in [0.25, 0.3) is 0 Å². The third-order valence-electron chi connectivity index (χ3n) is 7.26. The highest BCUT2D eigenvalue weighted by molar-refractivity contribution is 7.15. The van der Waals surface area contributed by atoms with Gasteiger partial charge in [-0.05, 0) is 71.4 Å². The van der Waals surface area contributed by atoms with Crippen molar-refractivity contribution in [3.05, 3.63) is 86.8 Å². The van der Waals surface area contributed by atoms with Gasteiger partial charge < -0.3 is 24.8 Å². The molecular formula is C34H39ClN6O5S. The number of carbonyl (C=O) groups is 2. The van der Waals surface area contributed by atoms with Crippen LogP contribution in [0.15, 0.2) is 53.5 Å². The maximum absolute atomic E-state index is 13.5. The molecule has 2 N–H and O–H groups in total. The van der Waals surface area contributed by atoms with Crippen LogP contribution in [0.25, 0.3) is 5.00 Å². The molecule has 0 spiro atoms. The number of fused-ring (bicyclic) bond motifs is 3. The van der Waals surface area contributed by atoms with Gasteiger partial charge in [-0.3, -0.25) is 14.4 Å². The molecule has 0 fully saturated rings. The summed E-state index contributed by atoms with van der Waals surface area (Å²) in [6.07, 6.45) is -0.430. The van der Waals surface area contributed by atoms with Gasteiger partial charge in [0.2, 0.25) is 5.91 Å². The lowest BCUT2D eigenvalue weighted by Gasteiger charge is -2.19. The Bertz CT molecular complexity index is 1780. The summed E-state index contributed by atoms with van der Waals surface area (Å²) in [5.41, 5.74) is 3.88. The Morgan fingerprint density at radius 3 is 2.53 bits per heavy atom. The number of ether oxygens (including phenoxy) is 3. The predicted molar refractivity (Wildman–Crippen MR) is 184 cm³/mol. The summed E-state index contributed by atoms with van der Waals surface area (Å²) in [5.74, 6) is 1.70. The monoisotopic (exact) mass is 678 g/mol.